The van der Waals surface area contributed by atoms with Crippen molar-refractivity contribution < 1.29 is 14.3 Å². The number of nitrogens with zero attached hydrogens (tertiary/aromatic N) is 2. The monoisotopic (exact) mass is 428 g/mol. The van der Waals surface area contributed by atoms with Crippen LogP contribution in [0.5, 0.6) is 11.5 Å². The lowest BCUT2D eigenvalue weighted by molar-refractivity contribution is 0.251. The van der Waals surface area contributed by atoms with Gasteiger partial charge in [-0.15, -0.1) is 0 Å². The first-order chi connectivity index (χ1) is 14.5. The first-order valence-corrected chi connectivity index (χ1v) is 9.49. The topological polar surface area (TPSA) is 94.5 Å². The quantitative estimate of drug-likeness (QED) is 0.601. The van der Waals surface area contributed by atoms with E-state index in [0.29, 0.717) is 33.5 Å². The highest BCUT2D eigenvalue weighted by atomic mass is 35.5. The molecule has 30 heavy (non-hydrogen) atoms. The van der Waals surface area contributed by atoms with Gasteiger partial charge in [-0.25, -0.2) is 9.48 Å². The highest BCUT2D eigenvalue weighted by Gasteiger charge is 2.11. The molecule has 0 bridgehead atoms. The van der Waals surface area contributed by atoms with Crippen molar-refractivity contribution in [1.29, 1.82) is 0 Å². The molecule has 156 valence electrons. The van der Waals surface area contributed by atoms with E-state index in [1.54, 1.807) is 62.8 Å². The van der Waals surface area contributed by atoms with Gasteiger partial charge >= 0.3 is 6.03 Å². The largest absolute Gasteiger partial charge is 0.497 e. The van der Waals surface area contributed by atoms with Crippen molar-refractivity contribution in [2.45, 2.75) is 6.54 Å². The molecule has 0 saturated carbocycles. The van der Waals surface area contributed by atoms with Gasteiger partial charge in [-0.1, -0.05) is 23.7 Å². The molecule has 2 N–H and O–H groups in total. The van der Waals surface area contributed by atoms with E-state index in [0.717, 1.165) is 0 Å². The number of carbonyl (C=O) groups excluding carboxylic acids is 1. The predicted octanol–water partition coefficient (Wildman–Crippen LogP) is 3.40. The molecular weight excluding hydrogens is 408 g/mol. The molecule has 1 aromatic heterocycles. The summed E-state index contributed by atoms with van der Waals surface area (Å²) in [6.07, 6.45) is 0. The van der Waals surface area contributed by atoms with Crippen molar-refractivity contribution in [2.75, 3.05) is 26.1 Å². The number of hydrogen-bond acceptors (Lipinski definition) is 5. The summed E-state index contributed by atoms with van der Waals surface area (Å²) >= 11 is 6.02. The van der Waals surface area contributed by atoms with Crippen molar-refractivity contribution in [3.05, 3.63) is 70.0 Å². The van der Waals surface area contributed by atoms with Crippen LogP contribution in [-0.4, -0.2) is 36.6 Å². The summed E-state index contributed by atoms with van der Waals surface area (Å²) in [5, 5.41) is 10.2. The maximum absolute atomic E-state index is 12.2. The van der Waals surface area contributed by atoms with Crippen LogP contribution in [-0.2, 0) is 6.54 Å². The van der Waals surface area contributed by atoms with Crippen molar-refractivity contribution >= 4 is 23.3 Å². The molecule has 8 nitrogen and oxygen atoms in total. The summed E-state index contributed by atoms with van der Waals surface area (Å²) in [4.78, 5) is 24.3. The van der Waals surface area contributed by atoms with E-state index >= 15 is 0 Å². The molecule has 0 atom stereocenters. The molecule has 3 aromatic rings. The average molecular weight is 429 g/mol. The van der Waals surface area contributed by atoms with Gasteiger partial charge in [-0.3, -0.25) is 4.79 Å². The Hall–Kier alpha value is -3.52. The van der Waals surface area contributed by atoms with Crippen LogP contribution in [0.2, 0.25) is 5.02 Å². The lowest BCUT2D eigenvalue weighted by Gasteiger charge is -2.12. The number of nitrogens with one attached hydrogen (secondary N) is 2. The number of carbonyl (C=O) groups is 1. The maximum Gasteiger partial charge on any atom is 0.319 e. The summed E-state index contributed by atoms with van der Waals surface area (Å²) < 4.78 is 11.9. The van der Waals surface area contributed by atoms with Crippen LogP contribution in [0.25, 0.3) is 11.3 Å². The van der Waals surface area contributed by atoms with Crippen LogP contribution in [0.4, 0.5) is 10.5 Å². The molecule has 2 amide bonds. The number of aromatic nitrogens is 2. The van der Waals surface area contributed by atoms with Gasteiger partial charge < -0.3 is 20.1 Å². The number of urea groups is 1. The molecule has 3 rings (SSSR count). The summed E-state index contributed by atoms with van der Waals surface area (Å²) in [5.41, 5.74) is 1.45. The second-order valence-corrected chi connectivity index (χ2v) is 6.61. The van der Waals surface area contributed by atoms with E-state index in [1.807, 2.05) is 0 Å². The number of para-hydroxylation sites is 1. The lowest BCUT2D eigenvalue weighted by Crippen LogP contribution is -2.34. The zero-order valence-electron chi connectivity index (χ0n) is 16.5. The third-order valence-corrected chi connectivity index (χ3v) is 4.61. The maximum atomic E-state index is 12.2. The van der Waals surface area contributed by atoms with Crippen molar-refractivity contribution in [3.63, 3.8) is 0 Å². The van der Waals surface area contributed by atoms with E-state index in [4.69, 9.17) is 21.1 Å². The van der Waals surface area contributed by atoms with Gasteiger partial charge in [-0.2, -0.15) is 5.10 Å². The van der Waals surface area contributed by atoms with Gasteiger partial charge in [-0.05, 0) is 36.4 Å². The first-order valence-electron chi connectivity index (χ1n) is 9.12. The first kappa shape index (κ1) is 21.2. The van der Waals surface area contributed by atoms with Gasteiger partial charge in [0.15, 0.2) is 0 Å². The number of halogens is 1. The molecule has 0 aliphatic heterocycles. The Morgan fingerprint density at radius 1 is 1.10 bits per heavy atom. The molecule has 0 aliphatic carbocycles. The Labute approximate surface area is 178 Å². The van der Waals surface area contributed by atoms with Crippen LogP contribution >= 0.6 is 11.6 Å². The molecule has 0 radical (unpaired) electrons. The Morgan fingerprint density at radius 2 is 1.90 bits per heavy atom. The minimum absolute atomic E-state index is 0.189. The second-order valence-electron chi connectivity index (χ2n) is 6.21. The molecule has 2 aromatic carbocycles. The predicted molar refractivity (Wildman–Crippen MR) is 116 cm³/mol. The SMILES string of the molecule is COc1ccc(OC)c(-c2ccc(=O)n(CCNC(=O)Nc3ccccc3Cl)n2)c1. The number of methoxy groups -OCH3 is 2. The van der Waals surface area contributed by atoms with Crippen LogP contribution in [0, 0.1) is 0 Å². The number of hydrogen-bond donors (Lipinski definition) is 2. The van der Waals surface area contributed by atoms with E-state index < -0.39 is 6.03 Å². The highest BCUT2D eigenvalue weighted by Crippen LogP contribution is 2.31. The third-order valence-electron chi connectivity index (χ3n) is 4.28. The fraction of sp³-hybridized carbons (Fsp3) is 0.190. The van der Waals surface area contributed by atoms with Crippen LogP contribution < -0.4 is 25.7 Å². The number of benzene rings is 2. The average Bonchev–Trinajstić information content (AvgIpc) is 2.76. The second kappa shape index (κ2) is 9.80. The molecule has 1 heterocycles. The zero-order chi connectivity index (χ0) is 21.5. The van der Waals surface area contributed by atoms with E-state index in [2.05, 4.69) is 15.7 Å². The molecule has 0 unspecified atom stereocenters. The molecule has 0 spiro atoms. The van der Waals surface area contributed by atoms with E-state index in [-0.39, 0.29) is 18.6 Å². The van der Waals surface area contributed by atoms with Gasteiger partial charge in [0, 0.05) is 18.2 Å². The number of amides is 2. The fourth-order valence-electron chi connectivity index (χ4n) is 2.77. The van der Waals surface area contributed by atoms with Crippen molar-refractivity contribution in [2.24, 2.45) is 0 Å². The van der Waals surface area contributed by atoms with Crippen molar-refractivity contribution in [1.82, 2.24) is 15.1 Å². The molecule has 0 fully saturated rings. The summed E-state index contributed by atoms with van der Waals surface area (Å²) in [6.45, 7) is 0.386. The smallest absolute Gasteiger partial charge is 0.319 e. The Morgan fingerprint density at radius 3 is 2.63 bits per heavy atom. The highest BCUT2D eigenvalue weighted by molar-refractivity contribution is 6.33. The summed E-state index contributed by atoms with van der Waals surface area (Å²) in [7, 11) is 3.13. The van der Waals surface area contributed by atoms with Crippen LogP contribution in [0.15, 0.2) is 59.4 Å². The normalized spacial score (nSPS) is 10.4. The fourth-order valence-corrected chi connectivity index (χ4v) is 2.95. The van der Waals surface area contributed by atoms with Crippen LogP contribution in [0.1, 0.15) is 0 Å². The van der Waals surface area contributed by atoms with Crippen LogP contribution in [0.3, 0.4) is 0 Å². The van der Waals surface area contributed by atoms with Gasteiger partial charge in [0.05, 0.1) is 37.2 Å². The van der Waals surface area contributed by atoms with Gasteiger partial charge in [0.2, 0.25) is 0 Å². The Kier molecular flexibility index (Phi) is 6.92. The standard InChI is InChI=1S/C21H21ClN4O4/c1-29-14-7-9-19(30-2)15(13-14)17-8-10-20(27)26(25-17)12-11-23-21(28)24-18-6-4-3-5-16(18)22/h3-10,13H,11-12H2,1-2H3,(H2,23,24,28). The Bertz CT molecular complexity index is 1100. The Balaban J connectivity index is 1.70. The number of ether oxygens (including phenoxy) is 2. The van der Waals surface area contributed by atoms with Crippen molar-refractivity contribution in [3.8, 4) is 22.8 Å². The molecule has 0 aliphatic rings. The molecular formula is C21H21ClN4O4. The summed E-state index contributed by atoms with van der Waals surface area (Å²) in [5.74, 6) is 1.24. The van der Waals surface area contributed by atoms with Gasteiger partial charge in [0.25, 0.3) is 5.56 Å². The minimum atomic E-state index is -0.429. The summed E-state index contributed by atoms with van der Waals surface area (Å²) in [6, 6.07) is 14.9. The molecule has 9 heteroatoms. The number of anilines is 1. The lowest BCUT2D eigenvalue weighted by atomic mass is 10.1. The minimum Gasteiger partial charge on any atom is -0.497 e. The molecule has 0 saturated heterocycles. The van der Waals surface area contributed by atoms with Gasteiger partial charge in [0.1, 0.15) is 11.5 Å². The van der Waals surface area contributed by atoms with E-state index in [9.17, 15) is 9.59 Å². The van der Waals surface area contributed by atoms with E-state index in [1.165, 1.54) is 10.7 Å². The number of rotatable bonds is 7. The zero-order valence-corrected chi connectivity index (χ0v) is 17.3. The third kappa shape index (κ3) is 5.09.